The smallest absolute Gasteiger partial charge is 0.335 e. The predicted molar refractivity (Wildman–Crippen MR) is 171 cm³/mol. The van der Waals surface area contributed by atoms with Crippen LogP contribution in [0.2, 0.25) is 0 Å². The van der Waals surface area contributed by atoms with E-state index in [1.54, 1.807) is 0 Å². The average molecular weight is 549 g/mol. The topological polar surface area (TPSA) is 46.5 Å². The van der Waals surface area contributed by atoms with Gasteiger partial charge in [-0.1, -0.05) is 121 Å². The summed E-state index contributed by atoms with van der Waals surface area (Å²) >= 11 is 0. The highest BCUT2D eigenvalue weighted by Crippen LogP contribution is 2.44. The predicted octanol–water partition coefficient (Wildman–Crippen LogP) is 9.99. The molecule has 40 heavy (non-hydrogen) atoms. The van der Waals surface area contributed by atoms with Gasteiger partial charge in [-0.15, -0.1) is 0 Å². The van der Waals surface area contributed by atoms with Gasteiger partial charge in [-0.25, -0.2) is 4.79 Å². The van der Waals surface area contributed by atoms with E-state index in [1.807, 2.05) is 0 Å². The molecule has 2 rings (SSSR count). The first-order valence-corrected chi connectivity index (χ1v) is 14.8. The molecule has 2 aromatic carbocycles. The molecule has 1 N–H and O–H groups in total. The first kappa shape index (κ1) is 33.7. The van der Waals surface area contributed by atoms with Gasteiger partial charge in [-0.2, -0.15) is 0 Å². The van der Waals surface area contributed by atoms with Crippen LogP contribution in [0.1, 0.15) is 129 Å². The van der Waals surface area contributed by atoms with Gasteiger partial charge in [-0.3, -0.25) is 0 Å². The molecule has 0 aliphatic rings. The Morgan fingerprint density at radius 1 is 0.725 bits per heavy atom. The third-order valence-electron chi connectivity index (χ3n) is 6.75. The van der Waals surface area contributed by atoms with Gasteiger partial charge in [0, 0.05) is 23.1 Å². The van der Waals surface area contributed by atoms with Crippen molar-refractivity contribution in [3.05, 3.63) is 70.3 Å². The van der Waals surface area contributed by atoms with E-state index in [-0.39, 0.29) is 27.6 Å². The van der Waals surface area contributed by atoms with Gasteiger partial charge in [0.25, 0.3) is 0 Å². The lowest BCUT2D eigenvalue weighted by Gasteiger charge is -2.28. The van der Waals surface area contributed by atoms with Crippen molar-refractivity contribution >= 4 is 5.97 Å². The number of ether oxygens (including phenoxy) is 1. The third kappa shape index (κ3) is 10.5. The van der Waals surface area contributed by atoms with Crippen LogP contribution in [-0.2, 0) is 30.5 Å². The second kappa shape index (κ2) is 12.1. The van der Waals surface area contributed by atoms with Crippen LogP contribution in [-0.4, -0.2) is 11.1 Å². The van der Waals surface area contributed by atoms with Gasteiger partial charge in [0.15, 0.2) is 0 Å². The van der Waals surface area contributed by atoms with Crippen molar-refractivity contribution in [3.8, 4) is 11.5 Å². The van der Waals surface area contributed by atoms with Crippen LogP contribution in [0.4, 0.5) is 0 Å². The highest BCUT2D eigenvalue weighted by Gasteiger charge is 2.28. The first-order valence-electron chi connectivity index (χ1n) is 14.8. The van der Waals surface area contributed by atoms with Gasteiger partial charge in [-0.05, 0) is 69.6 Å². The van der Waals surface area contributed by atoms with Gasteiger partial charge in [0.1, 0.15) is 11.5 Å². The summed E-state index contributed by atoms with van der Waals surface area (Å²) in [7, 11) is 0. The molecule has 0 fully saturated rings. The number of benzene rings is 2. The van der Waals surface area contributed by atoms with Crippen LogP contribution in [0.25, 0.3) is 0 Å². The van der Waals surface area contributed by atoms with Crippen LogP contribution in [0.15, 0.2) is 36.9 Å². The minimum Gasteiger partial charge on any atom is -0.507 e. The molecule has 1 atom stereocenters. The molecule has 222 valence electrons. The van der Waals surface area contributed by atoms with Crippen molar-refractivity contribution < 1.29 is 14.6 Å². The lowest BCUT2D eigenvalue weighted by molar-refractivity contribution is -0.129. The van der Waals surface area contributed by atoms with Crippen molar-refractivity contribution in [1.82, 2.24) is 0 Å². The quantitative estimate of drug-likeness (QED) is 0.203. The summed E-state index contributed by atoms with van der Waals surface area (Å²) in [6.45, 7) is 32.4. The summed E-state index contributed by atoms with van der Waals surface area (Å²) in [5, 5.41) is 11.7. The average Bonchev–Trinajstić information content (AvgIpc) is 2.72. The summed E-state index contributed by atoms with van der Waals surface area (Å²) in [4.78, 5) is 12.6. The zero-order chi connectivity index (χ0) is 30.8. The number of hydrogen-bond donors (Lipinski definition) is 1. The SMILES string of the molecule is C=CC(=O)Oc1c(CC(C)(C)C)cc(CC(C)(C)C)cc1C(C)c1cc(CC(C)(C)C)cc(CC(C)(C)C)c1O. The molecule has 2 aromatic rings. The molecule has 0 saturated heterocycles. The Labute approximate surface area is 245 Å². The second-order valence-electron chi connectivity index (χ2n) is 16.7. The standard InChI is InChI=1S/C37H56O3/c1-15-31(38)40-33-28(23-37(12,13)14)17-26(21-35(6,7)8)19-30(33)24(2)29-18-25(20-34(3,4)5)16-27(32(29)39)22-36(9,10)11/h15-19,24,39H,1,20-23H2,2-14H3. The highest BCUT2D eigenvalue weighted by atomic mass is 16.5. The molecule has 0 aromatic heterocycles. The summed E-state index contributed by atoms with van der Waals surface area (Å²) in [6, 6.07) is 8.74. The Hall–Kier alpha value is -2.55. The monoisotopic (exact) mass is 548 g/mol. The minimum atomic E-state index is -0.466. The zero-order valence-electron chi connectivity index (χ0n) is 27.8. The molecule has 0 spiro atoms. The zero-order valence-corrected chi connectivity index (χ0v) is 27.8. The van der Waals surface area contributed by atoms with Crippen LogP contribution in [0.5, 0.6) is 11.5 Å². The van der Waals surface area contributed by atoms with Gasteiger partial charge >= 0.3 is 5.97 Å². The van der Waals surface area contributed by atoms with Crippen LogP contribution < -0.4 is 4.74 Å². The molecule has 0 bridgehead atoms. The van der Waals surface area contributed by atoms with E-state index in [1.165, 1.54) is 17.2 Å². The number of rotatable bonds is 8. The van der Waals surface area contributed by atoms with E-state index >= 15 is 0 Å². The van der Waals surface area contributed by atoms with E-state index in [4.69, 9.17) is 4.74 Å². The van der Waals surface area contributed by atoms with Crippen molar-refractivity contribution in [2.75, 3.05) is 0 Å². The molecule has 0 heterocycles. The maximum Gasteiger partial charge on any atom is 0.335 e. The Kier molecular flexibility index (Phi) is 10.2. The van der Waals surface area contributed by atoms with Gasteiger partial charge in [0.05, 0.1) is 0 Å². The van der Waals surface area contributed by atoms with E-state index in [9.17, 15) is 9.90 Å². The lowest BCUT2D eigenvalue weighted by atomic mass is 9.78. The summed E-state index contributed by atoms with van der Waals surface area (Å²) in [5.41, 5.74) is 6.45. The fourth-order valence-corrected chi connectivity index (χ4v) is 5.49. The Balaban J connectivity index is 2.91. The van der Waals surface area contributed by atoms with Crippen molar-refractivity contribution in [2.45, 2.75) is 122 Å². The van der Waals surface area contributed by atoms with E-state index in [2.05, 4.69) is 121 Å². The normalized spacial score (nSPS) is 13.7. The Morgan fingerprint density at radius 2 is 1.12 bits per heavy atom. The van der Waals surface area contributed by atoms with Crippen molar-refractivity contribution in [1.29, 1.82) is 0 Å². The summed E-state index contributed by atoms with van der Waals surface area (Å²) in [6.07, 6.45) is 4.55. The molecular weight excluding hydrogens is 492 g/mol. The van der Waals surface area contributed by atoms with E-state index in [0.717, 1.165) is 47.9 Å². The van der Waals surface area contributed by atoms with Crippen molar-refractivity contribution in [3.63, 3.8) is 0 Å². The first-order chi connectivity index (χ1) is 18.0. The Bertz CT molecular complexity index is 1200. The molecule has 1 unspecified atom stereocenters. The number of carbonyl (C=O) groups is 1. The number of carbonyl (C=O) groups excluding carboxylic acids is 1. The number of phenols is 1. The van der Waals surface area contributed by atoms with Crippen LogP contribution in [0, 0.1) is 21.7 Å². The number of aromatic hydroxyl groups is 1. The van der Waals surface area contributed by atoms with E-state index in [0.29, 0.717) is 11.5 Å². The lowest BCUT2D eigenvalue weighted by Crippen LogP contribution is -2.17. The highest BCUT2D eigenvalue weighted by molar-refractivity contribution is 5.84. The maximum absolute atomic E-state index is 12.6. The molecule has 0 aliphatic heterocycles. The molecule has 3 heteroatoms. The van der Waals surface area contributed by atoms with Crippen molar-refractivity contribution in [2.24, 2.45) is 21.7 Å². The second-order valence-corrected chi connectivity index (χ2v) is 16.7. The van der Waals surface area contributed by atoms with Crippen LogP contribution in [0.3, 0.4) is 0 Å². The third-order valence-corrected chi connectivity index (χ3v) is 6.75. The number of phenolic OH excluding ortho intramolecular Hbond substituents is 1. The number of esters is 1. The molecule has 0 radical (unpaired) electrons. The molecule has 3 nitrogen and oxygen atoms in total. The van der Waals surface area contributed by atoms with Crippen LogP contribution >= 0.6 is 0 Å². The Morgan fingerprint density at radius 3 is 1.55 bits per heavy atom. The van der Waals surface area contributed by atoms with Gasteiger partial charge < -0.3 is 9.84 Å². The van der Waals surface area contributed by atoms with E-state index < -0.39 is 5.97 Å². The van der Waals surface area contributed by atoms with Gasteiger partial charge in [0.2, 0.25) is 0 Å². The number of hydrogen-bond acceptors (Lipinski definition) is 3. The molecular formula is C37H56O3. The summed E-state index contributed by atoms with van der Waals surface area (Å²) in [5.74, 6) is 0.291. The largest absolute Gasteiger partial charge is 0.507 e. The fraction of sp³-hybridized carbons (Fsp3) is 0.595. The molecule has 0 saturated carbocycles. The minimum absolute atomic E-state index is 0.00908. The maximum atomic E-state index is 12.6. The molecule has 0 amide bonds. The fourth-order valence-electron chi connectivity index (χ4n) is 5.49. The summed E-state index contributed by atoms with van der Waals surface area (Å²) < 4.78 is 6.02. The molecule has 0 aliphatic carbocycles.